The van der Waals surface area contributed by atoms with Crippen LogP contribution >= 0.6 is 0 Å². The van der Waals surface area contributed by atoms with Crippen molar-refractivity contribution in [1.82, 2.24) is 10.2 Å². The quantitative estimate of drug-likeness (QED) is 0.319. The fourth-order valence-electron chi connectivity index (χ4n) is 3.73. The second-order valence-corrected chi connectivity index (χ2v) is 6.01. The first kappa shape index (κ1) is 14.3. The van der Waals surface area contributed by atoms with Gasteiger partial charge in [-0.15, -0.1) is 5.10 Å². The van der Waals surface area contributed by atoms with Crippen LogP contribution in [-0.4, -0.2) is 16.0 Å². The molecule has 0 N–H and O–H groups in total. The number of nitrogens with zero attached hydrogens (tertiary/aromatic N) is 4. The van der Waals surface area contributed by atoms with Crippen molar-refractivity contribution >= 4 is 11.4 Å². The number of aromatic nitrogens is 2. The molecule has 2 aliphatic rings. The van der Waals surface area contributed by atoms with Crippen LogP contribution in [0.25, 0.3) is 32.8 Å². The molecular formula is C21H8N4O. The van der Waals surface area contributed by atoms with Crippen molar-refractivity contribution in [2.75, 3.05) is 0 Å². The van der Waals surface area contributed by atoms with Gasteiger partial charge in [-0.25, -0.2) is 10.1 Å². The van der Waals surface area contributed by atoms with Crippen LogP contribution in [0.5, 0.6) is 0 Å². The van der Waals surface area contributed by atoms with E-state index in [-0.39, 0.29) is 11.5 Å². The molecule has 26 heavy (non-hydrogen) atoms. The summed E-state index contributed by atoms with van der Waals surface area (Å²) in [6.45, 7) is 7.34. The molecule has 2 aromatic carbocycles. The van der Waals surface area contributed by atoms with E-state index >= 15 is 0 Å². The molecule has 0 amide bonds. The summed E-state index contributed by atoms with van der Waals surface area (Å²) < 4.78 is 0. The van der Waals surface area contributed by atoms with Gasteiger partial charge in [0, 0.05) is 22.3 Å². The molecular weight excluding hydrogens is 324 g/mol. The molecule has 1 aromatic heterocycles. The van der Waals surface area contributed by atoms with Crippen LogP contribution in [-0.2, 0) is 0 Å². The number of fused-ring (bicyclic) bond motifs is 7. The fourth-order valence-corrected chi connectivity index (χ4v) is 3.73. The zero-order valence-corrected chi connectivity index (χ0v) is 13.3. The lowest BCUT2D eigenvalue weighted by atomic mass is 10.00. The van der Waals surface area contributed by atoms with E-state index in [4.69, 9.17) is 6.57 Å². The first-order valence-corrected chi connectivity index (χ1v) is 7.93. The molecule has 2 aliphatic carbocycles. The van der Waals surface area contributed by atoms with Crippen LogP contribution in [0, 0.1) is 17.9 Å². The minimum absolute atomic E-state index is 0.0478. The van der Waals surface area contributed by atoms with Crippen LogP contribution in [0.15, 0.2) is 54.2 Å². The summed E-state index contributed by atoms with van der Waals surface area (Å²) in [6, 6.07) is 16.7. The highest BCUT2D eigenvalue weighted by Gasteiger charge is 2.38. The van der Waals surface area contributed by atoms with E-state index in [1.807, 2.05) is 48.5 Å². The summed E-state index contributed by atoms with van der Waals surface area (Å²) in [5, 5.41) is 18.0. The number of carbonyl (C=O) groups is 1. The Morgan fingerprint density at radius 1 is 0.885 bits per heavy atom. The molecule has 3 aromatic rings. The van der Waals surface area contributed by atoms with Crippen molar-refractivity contribution in [3.63, 3.8) is 0 Å². The predicted octanol–water partition coefficient (Wildman–Crippen LogP) is 3.87. The predicted molar refractivity (Wildman–Crippen MR) is 94.6 cm³/mol. The molecule has 5 nitrogen and oxygen atoms in total. The van der Waals surface area contributed by atoms with E-state index in [9.17, 15) is 10.1 Å². The molecule has 0 bridgehead atoms. The Labute approximate surface area is 148 Å². The number of rotatable bonds is 0. The van der Waals surface area contributed by atoms with Gasteiger partial charge in [-0.2, -0.15) is 5.10 Å². The van der Waals surface area contributed by atoms with E-state index in [0.29, 0.717) is 33.7 Å². The Hall–Kier alpha value is -4.09. The standard InChI is InChI=1S/C21H8N4O/c1-23-15(10-22)16-11-6-2-3-7-12(11)17-18-19(24-25-20(16)17)13-8-4-5-9-14(13)21(18)26/h2-9H/b16-15+. The molecule has 1 heterocycles. The molecule has 0 fully saturated rings. The summed E-state index contributed by atoms with van der Waals surface area (Å²) in [7, 11) is 0. The summed E-state index contributed by atoms with van der Waals surface area (Å²) in [4.78, 5) is 16.4. The van der Waals surface area contributed by atoms with Gasteiger partial charge in [0.25, 0.3) is 5.70 Å². The van der Waals surface area contributed by atoms with E-state index in [2.05, 4.69) is 15.0 Å². The SMILES string of the molecule is [C-]#[N+]/C(C#N)=C1\c2ccccc2-c2c1nnc1c2C(=O)c2ccccc2-1. The second kappa shape index (κ2) is 4.95. The molecule has 118 valence electrons. The maximum Gasteiger partial charge on any atom is 0.271 e. The molecule has 0 radical (unpaired) electrons. The number of ketones is 1. The summed E-state index contributed by atoms with van der Waals surface area (Å²) >= 11 is 0. The highest BCUT2D eigenvalue weighted by atomic mass is 16.1. The first-order chi connectivity index (χ1) is 12.8. The van der Waals surface area contributed by atoms with Crippen LogP contribution in [0.1, 0.15) is 27.2 Å². The van der Waals surface area contributed by atoms with Gasteiger partial charge in [-0.05, 0) is 11.1 Å². The van der Waals surface area contributed by atoms with E-state index in [0.717, 1.165) is 16.7 Å². The number of allylic oxidation sites excluding steroid dienone is 1. The minimum Gasteiger partial charge on any atom is -0.288 e. The van der Waals surface area contributed by atoms with Crippen LogP contribution in [0.3, 0.4) is 0 Å². The van der Waals surface area contributed by atoms with E-state index in [1.54, 1.807) is 6.07 Å². The Morgan fingerprint density at radius 3 is 2.19 bits per heavy atom. The lowest BCUT2D eigenvalue weighted by Gasteiger charge is -2.05. The zero-order chi connectivity index (χ0) is 17.8. The normalized spacial score (nSPS) is 14.6. The highest BCUT2D eigenvalue weighted by Crippen LogP contribution is 2.50. The molecule has 0 saturated carbocycles. The van der Waals surface area contributed by atoms with Crippen molar-refractivity contribution in [2.24, 2.45) is 0 Å². The molecule has 5 rings (SSSR count). The van der Waals surface area contributed by atoms with Crippen molar-refractivity contribution in [1.29, 1.82) is 5.26 Å². The third-order valence-electron chi connectivity index (χ3n) is 4.78. The van der Waals surface area contributed by atoms with Crippen molar-refractivity contribution in [3.8, 4) is 28.5 Å². The summed E-state index contributed by atoms with van der Waals surface area (Å²) in [6.07, 6.45) is 0. The Kier molecular flexibility index (Phi) is 2.72. The topological polar surface area (TPSA) is 71.0 Å². The van der Waals surface area contributed by atoms with Gasteiger partial charge in [-0.3, -0.25) is 4.79 Å². The monoisotopic (exact) mass is 332 g/mol. The minimum atomic E-state index is -0.0980. The number of hydrogen-bond donors (Lipinski definition) is 0. The highest BCUT2D eigenvalue weighted by molar-refractivity contribution is 6.26. The lowest BCUT2D eigenvalue weighted by molar-refractivity contribution is 0.104. The third-order valence-corrected chi connectivity index (χ3v) is 4.78. The van der Waals surface area contributed by atoms with E-state index < -0.39 is 0 Å². The lowest BCUT2D eigenvalue weighted by Crippen LogP contribution is -2.02. The van der Waals surface area contributed by atoms with Gasteiger partial charge in [0.15, 0.2) is 5.78 Å². The largest absolute Gasteiger partial charge is 0.288 e. The Bertz CT molecular complexity index is 1260. The Morgan fingerprint density at radius 2 is 1.50 bits per heavy atom. The van der Waals surface area contributed by atoms with Crippen LogP contribution < -0.4 is 0 Å². The molecule has 5 heteroatoms. The molecule has 0 saturated heterocycles. The number of carbonyl (C=O) groups excluding carboxylic acids is 1. The second-order valence-electron chi connectivity index (χ2n) is 6.01. The Balaban J connectivity index is 1.95. The molecule has 0 unspecified atom stereocenters. The van der Waals surface area contributed by atoms with Gasteiger partial charge in [0.05, 0.1) is 23.9 Å². The number of hydrogen-bond acceptors (Lipinski definition) is 4. The third kappa shape index (κ3) is 1.59. The van der Waals surface area contributed by atoms with Crippen LogP contribution in [0.2, 0.25) is 0 Å². The molecule has 0 aliphatic heterocycles. The van der Waals surface area contributed by atoms with Gasteiger partial charge in [0.2, 0.25) is 0 Å². The van der Waals surface area contributed by atoms with Gasteiger partial charge in [0.1, 0.15) is 5.69 Å². The first-order valence-electron chi connectivity index (χ1n) is 7.93. The summed E-state index contributed by atoms with van der Waals surface area (Å²) in [5.41, 5.74) is 5.47. The zero-order valence-electron chi connectivity index (χ0n) is 13.3. The average molecular weight is 332 g/mol. The fraction of sp³-hybridized carbons (Fsp3) is 0. The average Bonchev–Trinajstić information content (AvgIpc) is 3.17. The van der Waals surface area contributed by atoms with Gasteiger partial charge >= 0.3 is 0 Å². The van der Waals surface area contributed by atoms with E-state index in [1.165, 1.54) is 0 Å². The number of nitriles is 1. The van der Waals surface area contributed by atoms with Crippen molar-refractivity contribution in [3.05, 3.63) is 88.0 Å². The molecule has 0 spiro atoms. The number of benzene rings is 2. The maximum absolute atomic E-state index is 13.1. The maximum atomic E-state index is 13.1. The smallest absolute Gasteiger partial charge is 0.271 e. The van der Waals surface area contributed by atoms with Gasteiger partial charge in [-0.1, -0.05) is 48.5 Å². The van der Waals surface area contributed by atoms with Gasteiger partial charge < -0.3 is 0 Å². The van der Waals surface area contributed by atoms with Crippen molar-refractivity contribution < 1.29 is 4.79 Å². The summed E-state index contributed by atoms with van der Waals surface area (Å²) in [5.74, 6) is -0.0980. The van der Waals surface area contributed by atoms with Crippen molar-refractivity contribution in [2.45, 2.75) is 0 Å². The molecule has 0 atom stereocenters. The van der Waals surface area contributed by atoms with Crippen LogP contribution in [0.4, 0.5) is 0 Å².